The zero-order chi connectivity index (χ0) is 15.5. The minimum Gasteiger partial charge on any atom is -0.307 e. The normalized spacial score (nSPS) is 10.7. The monoisotopic (exact) mass is 367 g/mol. The summed E-state index contributed by atoms with van der Waals surface area (Å²) in [7, 11) is -3.87. The molecule has 7 nitrogen and oxygen atoms in total. The van der Waals surface area contributed by atoms with E-state index in [1.165, 1.54) is 36.5 Å². The molecule has 0 atom stereocenters. The Labute approximate surface area is 130 Å². The Hall–Kier alpha value is -2.15. The van der Waals surface area contributed by atoms with Crippen molar-refractivity contribution in [1.82, 2.24) is 4.98 Å². The number of benzene rings is 1. The van der Waals surface area contributed by atoms with Gasteiger partial charge < -0.3 is 5.43 Å². The third kappa shape index (κ3) is 3.49. The maximum absolute atomic E-state index is 12.4. The zero-order valence-electron chi connectivity index (χ0n) is 10.5. The van der Waals surface area contributed by atoms with Crippen molar-refractivity contribution in [2.24, 2.45) is 5.84 Å². The van der Waals surface area contributed by atoms with Gasteiger partial charge in [-0.25, -0.2) is 19.2 Å². The number of nitrogen functional groups attached to an aromatic ring is 1. The molecule has 1 aromatic carbocycles. The average Bonchev–Trinajstić information content (AvgIpc) is 2.47. The largest absolute Gasteiger partial charge is 0.307 e. The van der Waals surface area contributed by atoms with E-state index in [4.69, 9.17) is 11.1 Å². The molecular formula is C12H10BrN5O2S. The third-order valence-corrected chi connectivity index (χ3v) is 4.34. The zero-order valence-corrected chi connectivity index (χ0v) is 12.9. The second-order valence-electron chi connectivity index (χ2n) is 3.94. The average molecular weight is 368 g/mol. The Morgan fingerprint density at radius 1 is 1.29 bits per heavy atom. The van der Waals surface area contributed by atoms with Crippen molar-refractivity contribution >= 4 is 37.5 Å². The summed E-state index contributed by atoms with van der Waals surface area (Å²) in [6.45, 7) is 0. The molecule has 21 heavy (non-hydrogen) atoms. The van der Waals surface area contributed by atoms with Gasteiger partial charge in [0.2, 0.25) is 0 Å². The van der Waals surface area contributed by atoms with Crippen LogP contribution in [0.5, 0.6) is 0 Å². The van der Waals surface area contributed by atoms with Crippen molar-refractivity contribution in [3.8, 4) is 6.07 Å². The summed E-state index contributed by atoms with van der Waals surface area (Å²) in [6, 6.07) is 9.36. The van der Waals surface area contributed by atoms with Crippen molar-refractivity contribution in [2.75, 3.05) is 10.1 Å². The lowest BCUT2D eigenvalue weighted by Gasteiger charge is -2.11. The number of nitriles is 1. The van der Waals surface area contributed by atoms with Gasteiger partial charge in [-0.2, -0.15) is 5.26 Å². The van der Waals surface area contributed by atoms with Crippen LogP contribution in [0.1, 0.15) is 5.56 Å². The number of rotatable bonds is 4. The van der Waals surface area contributed by atoms with E-state index in [2.05, 4.69) is 31.1 Å². The minimum absolute atomic E-state index is 0.0272. The summed E-state index contributed by atoms with van der Waals surface area (Å²) in [4.78, 5) is 3.79. The molecule has 0 aliphatic rings. The summed E-state index contributed by atoms with van der Waals surface area (Å²) >= 11 is 3.16. The highest BCUT2D eigenvalue weighted by Crippen LogP contribution is 2.24. The van der Waals surface area contributed by atoms with Crippen LogP contribution in [0.2, 0.25) is 0 Å². The van der Waals surface area contributed by atoms with E-state index in [0.29, 0.717) is 15.7 Å². The second kappa shape index (κ2) is 6.09. The molecule has 0 radical (unpaired) electrons. The highest BCUT2D eigenvalue weighted by molar-refractivity contribution is 9.10. The minimum atomic E-state index is -3.87. The summed E-state index contributed by atoms with van der Waals surface area (Å²) < 4.78 is 27.6. The number of nitrogens with two attached hydrogens (primary N) is 1. The molecule has 108 valence electrons. The molecule has 0 aliphatic carbocycles. The Kier molecular flexibility index (Phi) is 4.42. The van der Waals surface area contributed by atoms with E-state index in [0.717, 1.165) is 0 Å². The van der Waals surface area contributed by atoms with Gasteiger partial charge in [-0.05, 0) is 46.3 Å². The standard InChI is InChI=1S/C12H10BrN5O2S/c13-9-5-11(12(17-15)16-7-9)21(19,20)18-10-3-1-8(6-14)2-4-10/h1-5,7,18H,15H2,(H,16,17). The van der Waals surface area contributed by atoms with E-state index in [-0.39, 0.29) is 10.7 Å². The summed E-state index contributed by atoms with van der Waals surface area (Å²) in [6.07, 6.45) is 1.43. The van der Waals surface area contributed by atoms with Crippen LogP contribution in [0, 0.1) is 11.3 Å². The molecule has 0 spiro atoms. The maximum atomic E-state index is 12.4. The predicted octanol–water partition coefficient (Wildman–Crippen LogP) is 1.80. The molecular weight excluding hydrogens is 358 g/mol. The van der Waals surface area contributed by atoms with E-state index >= 15 is 0 Å². The molecule has 0 aliphatic heterocycles. The summed E-state index contributed by atoms with van der Waals surface area (Å²) in [5.74, 6) is 5.30. The van der Waals surface area contributed by atoms with Crippen LogP contribution in [0.3, 0.4) is 0 Å². The first-order valence-electron chi connectivity index (χ1n) is 5.61. The lowest BCUT2D eigenvalue weighted by atomic mass is 10.2. The Balaban J connectivity index is 2.38. The molecule has 2 rings (SSSR count). The molecule has 0 bridgehead atoms. The second-order valence-corrected chi connectivity index (χ2v) is 6.51. The Morgan fingerprint density at radius 2 is 1.95 bits per heavy atom. The van der Waals surface area contributed by atoms with Crippen LogP contribution in [0.15, 0.2) is 45.9 Å². The van der Waals surface area contributed by atoms with Gasteiger partial charge in [-0.15, -0.1) is 0 Å². The molecule has 0 fully saturated rings. The van der Waals surface area contributed by atoms with E-state index in [1.807, 2.05) is 6.07 Å². The van der Waals surface area contributed by atoms with Gasteiger partial charge in [0.25, 0.3) is 10.0 Å². The number of nitrogens with zero attached hydrogens (tertiary/aromatic N) is 2. The van der Waals surface area contributed by atoms with Gasteiger partial charge in [-0.3, -0.25) is 4.72 Å². The number of hydrazine groups is 1. The lowest BCUT2D eigenvalue weighted by molar-refractivity contribution is 0.601. The van der Waals surface area contributed by atoms with Crippen molar-refractivity contribution in [3.05, 3.63) is 46.6 Å². The number of hydrogen-bond acceptors (Lipinski definition) is 6. The summed E-state index contributed by atoms with van der Waals surface area (Å²) in [5, 5.41) is 8.71. The van der Waals surface area contributed by atoms with Crippen LogP contribution in [-0.2, 0) is 10.0 Å². The Bertz CT molecular complexity index is 799. The smallest absolute Gasteiger partial charge is 0.265 e. The van der Waals surface area contributed by atoms with E-state index in [9.17, 15) is 8.42 Å². The molecule has 9 heteroatoms. The van der Waals surface area contributed by atoms with Crippen LogP contribution in [-0.4, -0.2) is 13.4 Å². The first-order chi connectivity index (χ1) is 9.96. The van der Waals surface area contributed by atoms with Crippen LogP contribution in [0.25, 0.3) is 0 Å². The van der Waals surface area contributed by atoms with Crippen LogP contribution < -0.4 is 16.0 Å². The highest BCUT2D eigenvalue weighted by atomic mass is 79.9. The van der Waals surface area contributed by atoms with Crippen LogP contribution >= 0.6 is 15.9 Å². The van der Waals surface area contributed by atoms with Crippen molar-refractivity contribution in [2.45, 2.75) is 4.90 Å². The van der Waals surface area contributed by atoms with Gasteiger partial charge >= 0.3 is 0 Å². The molecule has 1 heterocycles. The molecule has 0 saturated carbocycles. The fraction of sp³-hybridized carbons (Fsp3) is 0. The topological polar surface area (TPSA) is 121 Å². The molecule has 1 aromatic heterocycles. The van der Waals surface area contributed by atoms with Crippen molar-refractivity contribution < 1.29 is 8.42 Å². The van der Waals surface area contributed by atoms with Gasteiger partial charge in [0.05, 0.1) is 11.6 Å². The number of nitrogens with one attached hydrogen (secondary N) is 2. The molecule has 4 N–H and O–H groups in total. The van der Waals surface area contributed by atoms with Gasteiger partial charge in [0.15, 0.2) is 5.82 Å². The lowest BCUT2D eigenvalue weighted by Crippen LogP contribution is -2.18. The predicted molar refractivity (Wildman–Crippen MR) is 81.7 cm³/mol. The fourth-order valence-electron chi connectivity index (χ4n) is 1.56. The number of sulfonamides is 1. The van der Waals surface area contributed by atoms with Crippen LogP contribution in [0.4, 0.5) is 11.5 Å². The number of aromatic nitrogens is 1. The number of anilines is 2. The van der Waals surface area contributed by atoms with E-state index in [1.54, 1.807) is 0 Å². The SMILES string of the molecule is N#Cc1ccc(NS(=O)(=O)c2cc(Br)cnc2NN)cc1. The van der Waals surface area contributed by atoms with Gasteiger partial charge in [-0.1, -0.05) is 0 Å². The van der Waals surface area contributed by atoms with Crippen molar-refractivity contribution in [3.63, 3.8) is 0 Å². The van der Waals surface area contributed by atoms with Crippen molar-refractivity contribution in [1.29, 1.82) is 5.26 Å². The third-order valence-electron chi connectivity index (χ3n) is 2.51. The van der Waals surface area contributed by atoms with E-state index < -0.39 is 10.0 Å². The fourth-order valence-corrected chi connectivity index (χ4v) is 3.24. The molecule has 2 aromatic rings. The Morgan fingerprint density at radius 3 is 2.52 bits per heavy atom. The summed E-state index contributed by atoms with van der Waals surface area (Å²) in [5.41, 5.74) is 3.01. The first-order valence-corrected chi connectivity index (χ1v) is 7.89. The van der Waals surface area contributed by atoms with Gasteiger partial charge in [0, 0.05) is 16.4 Å². The maximum Gasteiger partial charge on any atom is 0.265 e. The molecule has 0 saturated heterocycles. The number of hydrogen-bond donors (Lipinski definition) is 3. The first kappa shape index (κ1) is 15.2. The molecule has 0 amide bonds. The highest BCUT2D eigenvalue weighted by Gasteiger charge is 2.20. The quantitative estimate of drug-likeness (QED) is 0.559. The molecule has 0 unspecified atom stereocenters. The number of pyridine rings is 1. The number of halogens is 1. The van der Waals surface area contributed by atoms with Gasteiger partial charge in [0.1, 0.15) is 4.90 Å².